The number of aromatic nitrogens is 1. The number of alkyl halides is 4. The molecule has 1 aromatic heterocycles. The van der Waals surface area contributed by atoms with Crippen LogP contribution in [-0.2, 0) is 30.7 Å². The first-order chi connectivity index (χ1) is 20.2. The van der Waals surface area contributed by atoms with Crippen molar-refractivity contribution in [3.8, 4) is 17.7 Å². The Bertz CT molecular complexity index is 1420. The highest BCUT2D eigenvalue weighted by atomic mass is 19.4. The van der Waals surface area contributed by atoms with Gasteiger partial charge in [0, 0.05) is 25.4 Å². The van der Waals surface area contributed by atoms with Gasteiger partial charge in [-0.2, -0.15) is 18.4 Å². The molecule has 2 aliphatic rings. The van der Waals surface area contributed by atoms with Crippen molar-refractivity contribution in [3.05, 3.63) is 88.6 Å². The van der Waals surface area contributed by atoms with Crippen molar-refractivity contribution in [2.75, 3.05) is 13.1 Å². The third kappa shape index (κ3) is 7.45. The summed E-state index contributed by atoms with van der Waals surface area (Å²) < 4.78 is 58.8. The Kier molecular flexibility index (Phi) is 8.78. The number of hydrogen-bond donors (Lipinski definition) is 1. The van der Waals surface area contributed by atoms with E-state index in [9.17, 15) is 22.4 Å². The number of nitrogens with zero attached hydrogens (tertiary/aromatic N) is 3. The predicted octanol–water partition coefficient (Wildman–Crippen LogP) is 6.93. The van der Waals surface area contributed by atoms with Crippen LogP contribution < -0.4 is 10.1 Å². The van der Waals surface area contributed by atoms with Crippen molar-refractivity contribution in [2.45, 2.75) is 58.0 Å². The summed E-state index contributed by atoms with van der Waals surface area (Å²) in [5.41, 5.74) is 0.260. The van der Waals surface area contributed by atoms with Gasteiger partial charge in [-0.15, -0.1) is 0 Å². The molecule has 6 nitrogen and oxygen atoms in total. The Morgan fingerprint density at radius 3 is 2.36 bits per heavy atom. The number of carbonyl (C=O) groups is 1. The number of nitrogens with one attached hydrogen (secondary N) is 1. The molecular weight excluding hydrogens is 548 g/mol. The summed E-state index contributed by atoms with van der Waals surface area (Å²) in [5.74, 6) is 1.40. The first kappa shape index (κ1) is 29.5. The molecular formula is C32H32F4N4O2. The molecule has 0 atom stereocenters. The van der Waals surface area contributed by atoms with Crippen molar-refractivity contribution in [3.63, 3.8) is 0 Å². The van der Waals surface area contributed by atoms with Gasteiger partial charge in [-0.3, -0.25) is 9.69 Å². The molecule has 3 aromatic rings. The van der Waals surface area contributed by atoms with Crippen molar-refractivity contribution >= 4 is 5.91 Å². The van der Waals surface area contributed by atoms with Gasteiger partial charge in [-0.1, -0.05) is 25.0 Å². The maximum atomic E-state index is 13.5. The van der Waals surface area contributed by atoms with Crippen LogP contribution in [0.3, 0.4) is 0 Å². The first-order valence-electron chi connectivity index (χ1n) is 14.1. The summed E-state index contributed by atoms with van der Waals surface area (Å²) in [4.78, 5) is 20.2. The van der Waals surface area contributed by atoms with Crippen LogP contribution in [0.25, 0.3) is 0 Å². The fourth-order valence-electron chi connectivity index (χ4n) is 5.55. The minimum Gasteiger partial charge on any atom is -0.439 e. The lowest BCUT2D eigenvalue weighted by atomic mass is 9.73. The molecule has 5 rings (SSSR count). The third-order valence-electron chi connectivity index (χ3n) is 8.07. The molecule has 0 radical (unpaired) electrons. The number of nitriles is 1. The summed E-state index contributed by atoms with van der Waals surface area (Å²) in [6, 6.07) is 15.8. The number of hydrogen-bond acceptors (Lipinski definition) is 5. The van der Waals surface area contributed by atoms with Crippen LogP contribution in [0.5, 0.6) is 11.6 Å². The molecule has 0 spiro atoms. The summed E-state index contributed by atoms with van der Waals surface area (Å²) in [7, 11) is 0. The van der Waals surface area contributed by atoms with E-state index >= 15 is 0 Å². The molecule has 2 heterocycles. The second-order valence-corrected chi connectivity index (χ2v) is 11.3. The van der Waals surface area contributed by atoms with E-state index in [1.54, 1.807) is 36.5 Å². The highest BCUT2D eigenvalue weighted by molar-refractivity contribution is 5.82. The molecule has 1 aliphatic carbocycles. The Labute approximate surface area is 242 Å². The molecule has 1 saturated carbocycles. The molecule has 1 aliphatic heterocycles. The van der Waals surface area contributed by atoms with Gasteiger partial charge in [0.2, 0.25) is 11.8 Å². The molecule has 10 heteroatoms. The van der Waals surface area contributed by atoms with Gasteiger partial charge >= 0.3 is 6.18 Å². The zero-order valence-electron chi connectivity index (χ0n) is 23.1. The maximum Gasteiger partial charge on any atom is 0.416 e. The molecule has 0 bridgehead atoms. The van der Waals surface area contributed by atoms with Crippen LogP contribution in [0.15, 0.2) is 60.8 Å². The normalized spacial score (nSPS) is 16.9. The highest BCUT2D eigenvalue weighted by Gasteiger charge is 2.44. The lowest BCUT2D eigenvalue weighted by Gasteiger charge is -2.41. The van der Waals surface area contributed by atoms with E-state index in [1.165, 1.54) is 6.07 Å². The number of amides is 1. The number of likely N-dealkylation sites (tertiary alicyclic amines) is 1. The zero-order chi connectivity index (χ0) is 29.7. The van der Waals surface area contributed by atoms with Crippen LogP contribution in [-0.4, -0.2) is 28.9 Å². The van der Waals surface area contributed by atoms with Crippen molar-refractivity contribution in [1.82, 2.24) is 15.2 Å². The maximum absolute atomic E-state index is 13.5. The summed E-state index contributed by atoms with van der Waals surface area (Å²) in [6.45, 7) is 1.00. The highest BCUT2D eigenvalue weighted by Crippen LogP contribution is 2.46. The van der Waals surface area contributed by atoms with E-state index in [2.05, 4.69) is 21.3 Å². The average molecular weight is 581 g/mol. The summed E-state index contributed by atoms with van der Waals surface area (Å²) in [6.07, 6.45) is 1.44. The first-order valence-corrected chi connectivity index (χ1v) is 14.1. The Morgan fingerprint density at radius 2 is 1.76 bits per heavy atom. The van der Waals surface area contributed by atoms with Crippen LogP contribution >= 0.6 is 0 Å². The summed E-state index contributed by atoms with van der Waals surface area (Å²) >= 11 is 0. The zero-order valence-corrected chi connectivity index (χ0v) is 23.1. The van der Waals surface area contributed by atoms with Gasteiger partial charge < -0.3 is 10.1 Å². The second kappa shape index (κ2) is 12.5. The standard InChI is InChI=1S/C32H32F4N4O2/c33-17-25-13-26(15-27(14-25)32(34,35)36)20-39-30(41)31(16-22-1-2-22)9-11-40(12-10-31)21-24-5-8-29(38-19-24)42-28-6-3-23(18-37)4-7-28/h3-8,13-15,19,22H,1-2,9-12,16-17,20-21H2,(H,39,41). The molecule has 220 valence electrons. The van der Waals surface area contributed by atoms with Gasteiger partial charge in [-0.25, -0.2) is 9.37 Å². The van der Waals surface area contributed by atoms with E-state index in [4.69, 9.17) is 10.00 Å². The SMILES string of the molecule is N#Cc1ccc(Oc2ccc(CN3CCC(CC4CC4)(C(=O)NCc4cc(CF)cc(C(F)(F)F)c4)CC3)cn2)cc1. The average Bonchev–Trinajstić information content (AvgIpc) is 3.81. The largest absolute Gasteiger partial charge is 0.439 e. The Hall–Kier alpha value is -3.97. The second-order valence-electron chi connectivity index (χ2n) is 11.3. The topological polar surface area (TPSA) is 78.2 Å². The fraction of sp³-hybridized carbons (Fsp3) is 0.406. The number of pyridine rings is 1. The van der Waals surface area contributed by atoms with E-state index in [1.807, 2.05) is 6.07 Å². The minimum absolute atomic E-state index is 0.0570. The predicted molar refractivity (Wildman–Crippen MR) is 148 cm³/mol. The third-order valence-corrected chi connectivity index (χ3v) is 8.07. The van der Waals surface area contributed by atoms with Crippen LogP contribution in [0.1, 0.15) is 59.9 Å². The van der Waals surface area contributed by atoms with Gasteiger partial charge in [0.15, 0.2) is 0 Å². The van der Waals surface area contributed by atoms with Crippen molar-refractivity contribution in [1.29, 1.82) is 5.26 Å². The molecule has 0 unspecified atom stereocenters. The molecule has 2 fully saturated rings. The van der Waals surface area contributed by atoms with E-state index in [0.717, 1.165) is 37.0 Å². The Morgan fingerprint density at radius 1 is 1.05 bits per heavy atom. The van der Waals surface area contributed by atoms with Crippen molar-refractivity contribution < 1.29 is 27.1 Å². The quantitative estimate of drug-likeness (QED) is 0.263. The monoisotopic (exact) mass is 580 g/mol. The van der Waals surface area contributed by atoms with Crippen molar-refractivity contribution in [2.24, 2.45) is 11.3 Å². The van der Waals surface area contributed by atoms with E-state index < -0.39 is 23.8 Å². The van der Waals surface area contributed by atoms with Crippen LogP contribution in [0, 0.1) is 22.7 Å². The van der Waals surface area contributed by atoms with Crippen LogP contribution in [0.4, 0.5) is 17.6 Å². The molecule has 1 amide bonds. The number of piperidine rings is 1. The molecule has 1 saturated heterocycles. The number of halogens is 4. The lowest BCUT2D eigenvalue weighted by Crippen LogP contribution is -2.48. The number of rotatable bonds is 10. The van der Waals surface area contributed by atoms with Gasteiger partial charge in [-0.05, 0) is 91.4 Å². The smallest absolute Gasteiger partial charge is 0.416 e. The number of ether oxygens (including phenoxy) is 1. The molecule has 2 aromatic carbocycles. The van der Waals surface area contributed by atoms with Gasteiger partial charge in [0.25, 0.3) is 0 Å². The lowest BCUT2D eigenvalue weighted by molar-refractivity contribution is -0.137. The minimum atomic E-state index is -4.59. The van der Waals surface area contributed by atoms with Gasteiger partial charge in [0.1, 0.15) is 12.4 Å². The summed E-state index contributed by atoms with van der Waals surface area (Å²) in [5, 5.41) is 11.8. The van der Waals surface area contributed by atoms with E-state index in [-0.39, 0.29) is 23.6 Å². The van der Waals surface area contributed by atoms with Crippen LogP contribution in [0.2, 0.25) is 0 Å². The number of carbonyl (C=O) groups excluding carboxylic acids is 1. The van der Waals surface area contributed by atoms with Gasteiger partial charge in [0.05, 0.1) is 22.6 Å². The van der Waals surface area contributed by atoms with E-state index in [0.29, 0.717) is 55.6 Å². The number of benzene rings is 2. The molecule has 42 heavy (non-hydrogen) atoms. The Balaban J connectivity index is 1.17. The molecule has 1 N–H and O–H groups in total. The fourth-order valence-corrected chi connectivity index (χ4v) is 5.55.